The molecule has 0 aromatic carbocycles. The van der Waals surface area contributed by atoms with E-state index in [0.717, 1.165) is 31.1 Å². The Morgan fingerprint density at radius 1 is 1.00 bits per heavy atom. The standard InChI is InChI=1S/C26H46O3/c1-16(2)24(9,15-23(6,7)8)21(27)29-20(14-22(3,4)5)28-19-12-17-18-13-25(19,10)26(17,18)11/h16-20H,12-15H2,1-11H3. The van der Waals surface area contributed by atoms with Crippen LogP contribution in [0.15, 0.2) is 0 Å². The topological polar surface area (TPSA) is 35.5 Å². The van der Waals surface area contributed by atoms with Gasteiger partial charge in [0.25, 0.3) is 0 Å². The van der Waals surface area contributed by atoms with Crippen LogP contribution in [0, 0.1) is 44.8 Å². The van der Waals surface area contributed by atoms with Gasteiger partial charge in [-0.2, -0.15) is 0 Å². The molecule has 0 radical (unpaired) electrons. The molecule has 0 bridgehead atoms. The minimum absolute atomic E-state index is 0.0394. The molecule has 3 fully saturated rings. The summed E-state index contributed by atoms with van der Waals surface area (Å²) >= 11 is 0. The number of rotatable bonds is 7. The molecule has 3 saturated carbocycles. The van der Waals surface area contributed by atoms with Gasteiger partial charge in [0, 0.05) is 11.8 Å². The lowest BCUT2D eigenvalue weighted by molar-refractivity contribution is -0.232. The Morgan fingerprint density at radius 2 is 1.59 bits per heavy atom. The van der Waals surface area contributed by atoms with Crippen LogP contribution < -0.4 is 0 Å². The molecule has 0 amide bonds. The Labute approximate surface area is 179 Å². The third-order valence-corrected chi connectivity index (χ3v) is 8.94. The molecule has 168 valence electrons. The molecular formula is C26H46O3. The van der Waals surface area contributed by atoms with E-state index < -0.39 is 11.7 Å². The van der Waals surface area contributed by atoms with E-state index in [1.165, 1.54) is 6.42 Å². The summed E-state index contributed by atoms with van der Waals surface area (Å²) in [5.74, 6) is 1.87. The number of carbonyl (C=O) groups is 1. The SMILES string of the molecule is CC(C)C(C)(CC(C)(C)C)C(=O)OC(CC(C)(C)C)OC1CC2C3CC1(C)C23C. The summed E-state index contributed by atoms with van der Waals surface area (Å²) in [6, 6.07) is 0. The number of fused-ring (bicyclic) bond motifs is 1. The predicted octanol–water partition coefficient (Wildman–Crippen LogP) is 6.84. The molecule has 3 heteroatoms. The fraction of sp³-hybridized carbons (Fsp3) is 0.962. The summed E-state index contributed by atoms with van der Waals surface area (Å²) in [6.07, 6.45) is 3.72. The highest BCUT2D eigenvalue weighted by Gasteiger charge is 2.84. The second kappa shape index (κ2) is 6.71. The Balaban J connectivity index is 1.74. The number of ether oxygens (including phenoxy) is 2. The van der Waals surface area contributed by atoms with Crippen LogP contribution >= 0.6 is 0 Å². The van der Waals surface area contributed by atoms with Gasteiger partial charge in [0.1, 0.15) is 0 Å². The predicted molar refractivity (Wildman–Crippen MR) is 118 cm³/mol. The molecule has 0 spiro atoms. The molecular weight excluding hydrogens is 360 g/mol. The lowest BCUT2D eigenvalue weighted by Crippen LogP contribution is -2.49. The zero-order chi connectivity index (χ0) is 22.2. The molecule has 0 aliphatic heterocycles. The van der Waals surface area contributed by atoms with E-state index in [9.17, 15) is 4.79 Å². The van der Waals surface area contributed by atoms with E-state index in [4.69, 9.17) is 9.47 Å². The Bertz CT molecular complexity index is 654. The molecule has 3 aliphatic rings. The molecule has 3 aliphatic carbocycles. The fourth-order valence-electron chi connectivity index (χ4n) is 6.70. The summed E-state index contributed by atoms with van der Waals surface area (Å²) in [7, 11) is 0. The van der Waals surface area contributed by atoms with Gasteiger partial charge in [0.05, 0.1) is 11.5 Å². The van der Waals surface area contributed by atoms with Gasteiger partial charge in [0.15, 0.2) is 0 Å². The molecule has 3 nitrogen and oxygen atoms in total. The Hall–Kier alpha value is -0.570. The first-order valence-electron chi connectivity index (χ1n) is 11.8. The van der Waals surface area contributed by atoms with Crippen molar-refractivity contribution in [1.82, 2.24) is 0 Å². The minimum atomic E-state index is -0.507. The van der Waals surface area contributed by atoms with Gasteiger partial charge in [-0.3, -0.25) is 4.79 Å². The first kappa shape index (κ1) is 23.1. The van der Waals surface area contributed by atoms with Gasteiger partial charge in [-0.1, -0.05) is 69.2 Å². The average molecular weight is 407 g/mol. The van der Waals surface area contributed by atoms with Crippen LogP contribution in [-0.4, -0.2) is 18.4 Å². The Kier molecular flexibility index (Phi) is 5.35. The van der Waals surface area contributed by atoms with E-state index in [1.807, 2.05) is 0 Å². The molecule has 0 aromatic rings. The van der Waals surface area contributed by atoms with Crippen LogP contribution in [0.25, 0.3) is 0 Å². The molecule has 3 rings (SSSR count). The zero-order valence-electron chi connectivity index (χ0n) is 20.9. The molecule has 0 aromatic heterocycles. The quantitative estimate of drug-likeness (QED) is 0.343. The first-order chi connectivity index (χ1) is 12.9. The minimum Gasteiger partial charge on any atom is -0.435 e. The van der Waals surface area contributed by atoms with Gasteiger partial charge >= 0.3 is 5.97 Å². The van der Waals surface area contributed by atoms with Crippen LogP contribution in [0.5, 0.6) is 0 Å². The maximum Gasteiger partial charge on any atom is 0.314 e. The van der Waals surface area contributed by atoms with E-state index in [2.05, 4.69) is 76.2 Å². The van der Waals surface area contributed by atoms with Crippen molar-refractivity contribution in [3.8, 4) is 0 Å². The Morgan fingerprint density at radius 3 is 1.97 bits per heavy atom. The number of hydrogen-bond acceptors (Lipinski definition) is 3. The zero-order valence-corrected chi connectivity index (χ0v) is 20.9. The maximum absolute atomic E-state index is 13.5. The summed E-state index contributed by atoms with van der Waals surface area (Å²) in [4.78, 5) is 13.5. The van der Waals surface area contributed by atoms with Crippen molar-refractivity contribution >= 4 is 5.97 Å². The second-order valence-electron chi connectivity index (χ2n) is 13.9. The van der Waals surface area contributed by atoms with E-state index >= 15 is 0 Å². The highest BCUT2D eigenvalue weighted by molar-refractivity contribution is 5.77. The summed E-state index contributed by atoms with van der Waals surface area (Å²) in [5.41, 5.74) is 0.336. The van der Waals surface area contributed by atoms with E-state index in [1.54, 1.807) is 0 Å². The van der Waals surface area contributed by atoms with Gasteiger partial charge < -0.3 is 9.47 Å². The van der Waals surface area contributed by atoms with Crippen molar-refractivity contribution in [2.45, 2.75) is 114 Å². The van der Waals surface area contributed by atoms with Crippen LogP contribution in [-0.2, 0) is 14.3 Å². The van der Waals surface area contributed by atoms with Crippen LogP contribution in [0.1, 0.15) is 102 Å². The van der Waals surface area contributed by atoms with Gasteiger partial charge in [-0.05, 0) is 60.2 Å². The first-order valence-corrected chi connectivity index (χ1v) is 11.8. The van der Waals surface area contributed by atoms with Crippen LogP contribution in [0.4, 0.5) is 0 Å². The molecule has 7 atom stereocenters. The maximum atomic E-state index is 13.5. The summed E-state index contributed by atoms with van der Waals surface area (Å²) in [5, 5.41) is 0. The third kappa shape index (κ3) is 3.79. The molecule has 29 heavy (non-hydrogen) atoms. The van der Waals surface area contributed by atoms with Crippen molar-refractivity contribution in [3.05, 3.63) is 0 Å². The van der Waals surface area contributed by atoms with Crippen molar-refractivity contribution in [2.24, 2.45) is 44.8 Å². The number of esters is 1. The van der Waals surface area contributed by atoms with E-state index in [-0.39, 0.29) is 34.2 Å². The molecule has 0 heterocycles. The van der Waals surface area contributed by atoms with Gasteiger partial charge in [-0.15, -0.1) is 0 Å². The summed E-state index contributed by atoms with van der Waals surface area (Å²) < 4.78 is 12.8. The van der Waals surface area contributed by atoms with Crippen LogP contribution in [0.2, 0.25) is 0 Å². The summed E-state index contributed by atoms with van der Waals surface area (Å²) in [6.45, 7) is 24.4. The lowest BCUT2D eigenvalue weighted by atomic mass is 9.59. The van der Waals surface area contributed by atoms with Gasteiger partial charge in [0.2, 0.25) is 6.29 Å². The second-order valence-corrected chi connectivity index (χ2v) is 13.9. The largest absolute Gasteiger partial charge is 0.435 e. The molecule has 7 unspecified atom stereocenters. The van der Waals surface area contributed by atoms with Gasteiger partial charge in [-0.25, -0.2) is 0 Å². The monoisotopic (exact) mass is 406 g/mol. The normalized spacial score (nSPS) is 38.8. The van der Waals surface area contributed by atoms with Crippen molar-refractivity contribution in [2.75, 3.05) is 0 Å². The number of carbonyl (C=O) groups excluding carboxylic acids is 1. The van der Waals surface area contributed by atoms with Crippen LogP contribution in [0.3, 0.4) is 0 Å². The van der Waals surface area contributed by atoms with Crippen molar-refractivity contribution < 1.29 is 14.3 Å². The third-order valence-electron chi connectivity index (χ3n) is 8.94. The lowest BCUT2D eigenvalue weighted by Gasteiger charge is -2.49. The molecule has 0 N–H and O–H groups in total. The fourth-order valence-corrected chi connectivity index (χ4v) is 6.70. The number of hydrogen-bond donors (Lipinski definition) is 0. The van der Waals surface area contributed by atoms with E-state index in [0.29, 0.717) is 5.41 Å². The van der Waals surface area contributed by atoms with Crippen molar-refractivity contribution in [1.29, 1.82) is 0 Å². The smallest absolute Gasteiger partial charge is 0.314 e. The average Bonchev–Trinajstić information content (AvgIpc) is 2.93. The highest BCUT2D eigenvalue weighted by Crippen LogP contribution is 2.88. The molecule has 0 saturated heterocycles. The highest BCUT2D eigenvalue weighted by atomic mass is 16.7. The van der Waals surface area contributed by atoms with Crippen molar-refractivity contribution in [3.63, 3.8) is 0 Å².